The molecule has 1 atom stereocenters. The predicted molar refractivity (Wildman–Crippen MR) is 93.4 cm³/mol. The summed E-state index contributed by atoms with van der Waals surface area (Å²) in [5.41, 5.74) is 2.17. The molecule has 0 radical (unpaired) electrons. The van der Waals surface area contributed by atoms with Crippen molar-refractivity contribution in [3.63, 3.8) is 0 Å². The number of ether oxygens (including phenoxy) is 2. The molecule has 7 nitrogen and oxygen atoms in total. The van der Waals surface area contributed by atoms with Gasteiger partial charge in [0, 0.05) is 7.05 Å². The molecule has 0 saturated heterocycles. The predicted octanol–water partition coefficient (Wildman–Crippen LogP) is 2.38. The van der Waals surface area contributed by atoms with E-state index in [4.69, 9.17) is 9.47 Å². The Bertz CT molecular complexity index is 740. The molecular weight excluding hydrogens is 322 g/mol. The van der Waals surface area contributed by atoms with Gasteiger partial charge in [-0.25, -0.2) is 4.79 Å². The van der Waals surface area contributed by atoms with Crippen molar-refractivity contribution in [2.45, 2.75) is 33.3 Å². The van der Waals surface area contributed by atoms with Crippen LogP contribution in [0.1, 0.15) is 24.7 Å². The minimum atomic E-state index is -0.753. The maximum atomic E-state index is 12.1. The van der Waals surface area contributed by atoms with Gasteiger partial charge >= 0.3 is 5.97 Å². The highest BCUT2D eigenvalue weighted by Crippen LogP contribution is 2.18. The van der Waals surface area contributed by atoms with Gasteiger partial charge in [-0.05, 0) is 32.4 Å². The number of aryl methyl sites for hydroxylation is 2. The first-order valence-electron chi connectivity index (χ1n) is 8.10. The molecule has 0 fully saturated rings. The minimum Gasteiger partial charge on any atom is -0.479 e. The average Bonchev–Trinajstić information content (AvgIpc) is 2.84. The van der Waals surface area contributed by atoms with Gasteiger partial charge in [-0.1, -0.05) is 25.1 Å². The van der Waals surface area contributed by atoms with Crippen molar-refractivity contribution in [2.24, 2.45) is 7.05 Å². The van der Waals surface area contributed by atoms with Gasteiger partial charge in [0.2, 0.25) is 0 Å². The molecule has 0 aliphatic carbocycles. The third-order valence-electron chi connectivity index (χ3n) is 3.77. The number of aromatic nitrogens is 2. The Hall–Kier alpha value is -2.83. The van der Waals surface area contributed by atoms with Crippen LogP contribution in [-0.4, -0.2) is 34.4 Å². The normalized spacial score (nSPS) is 11.7. The summed E-state index contributed by atoms with van der Waals surface area (Å²) in [6.07, 6.45) is -0.312. The summed E-state index contributed by atoms with van der Waals surface area (Å²) in [4.78, 5) is 24.2. The number of carbonyl (C=O) groups is 2. The van der Waals surface area contributed by atoms with Crippen LogP contribution in [0, 0.1) is 13.8 Å². The third kappa shape index (κ3) is 4.82. The zero-order valence-corrected chi connectivity index (χ0v) is 14.9. The molecule has 1 heterocycles. The zero-order chi connectivity index (χ0) is 18.4. The number of anilines is 1. The Labute approximate surface area is 146 Å². The van der Waals surface area contributed by atoms with Crippen LogP contribution in [0.3, 0.4) is 0 Å². The van der Waals surface area contributed by atoms with Gasteiger partial charge in [0.05, 0.1) is 17.1 Å². The molecule has 134 valence electrons. The van der Waals surface area contributed by atoms with Crippen LogP contribution in [0.2, 0.25) is 0 Å². The van der Waals surface area contributed by atoms with Crippen molar-refractivity contribution in [2.75, 3.05) is 11.9 Å². The number of hydrogen-bond donors (Lipinski definition) is 1. The standard InChI is InChI=1S/C18H23N3O4/c1-5-15(25-14-9-7-6-8-10-14)18(23)24-11-16(22)19-17-12(2)20-21(4)13(17)3/h6-10,15H,5,11H2,1-4H3,(H,19,22)/t15-/m1/s1. The van der Waals surface area contributed by atoms with Crippen molar-refractivity contribution in [1.29, 1.82) is 0 Å². The average molecular weight is 345 g/mol. The summed E-state index contributed by atoms with van der Waals surface area (Å²) in [5, 5.41) is 6.94. The molecule has 1 N–H and O–H groups in total. The highest BCUT2D eigenvalue weighted by molar-refractivity contribution is 5.94. The Kier molecular flexibility index (Phi) is 6.16. The molecule has 0 spiro atoms. The number of para-hydroxylation sites is 1. The van der Waals surface area contributed by atoms with Gasteiger partial charge in [-0.15, -0.1) is 0 Å². The summed E-state index contributed by atoms with van der Waals surface area (Å²) < 4.78 is 12.4. The van der Waals surface area contributed by atoms with E-state index in [1.54, 1.807) is 30.8 Å². The summed E-state index contributed by atoms with van der Waals surface area (Å²) in [6, 6.07) is 9.02. The fraction of sp³-hybridized carbons (Fsp3) is 0.389. The molecule has 1 aromatic heterocycles. The fourth-order valence-corrected chi connectivity index (χ4v) is 2.32. The largest absolute Gasteiger partial charge is 0.479 e. The van der Waals surface area contributed by atoms with Crippen LogP contribution in [0.5, 0.6) is 5.75 Å². The Morgan fingerprint density at radius 2 is 1.92 bits per heavy atom. The summed E-state index contributed by atoms with van der Waals surface area (Å²) in [6.45, 7) is 5.09. The number of rotatable bonds is 7. The van der Waals surface area contributed by atoms with E-state index in [9.17, 15) is 9.59 Å². The summed E-state index contributed by atoms with van der Waals surface area (Å²) in [7, 11) is 1.80. The monoisotopic (exact) mass is 345 g/mol. The highest BCUT2D eigenvalue weighted by Gasteiger charge is 2.21. The number of nitrogens with one attached hydrogen (secondary N) is 1. The molecule has 0 bridgehead atoms. The van der Waals surface area contributed by atoms with Crippen LogP contribution >= 0.6 is 0 Å². The van der Waals surface area contributed by atoms with E-state index in [0.717, 1.165) is 5.69 Å². The van der Waals surface area contributed by atoms with Crippen molar-refractivity contribution in [3.8, 4) is 5.75 Å². The van der Waals surface area contributed by atoms with Gasteiger partial charge in [0.25, 0.3) is 5.91 Å². The van der Waals surface area contributed by atoms with Crippen molar-refractivity contribution >= 4 is 17.6 Å². The van der Waals surface area contributed by atoms with E-state index in [1.165, 1.54) is 0 Å². The number of esters is 1. The third-order valence-corrected chi connectivity index (χ3v) is 3.77. The van der Waals surface area contributed by atoms with Gasteiger partial charge in [-0.2, -0.15) is 5.10 Å². The molecule has 0 aliphatic heterocycles. The van der Waals surface area contributed by atoms with E-state index in [2.05, 4.69) is 10.4 Å². The Morgan fingerprint density at radius 1 is 1.24 bits per heavy atom. The summed E-state index contributed by atoms with van der Waals surface area (Å²) >= 11 is 0. The second kappa shape index (κ2) is 8.32. The van der Waals surface area contributed by atoms with Crippen molar-refractivity contribution in [3.05, 3.63) is 41.7 Å². The first-order valence-corrected chi connectivity index (χ1v) is 8.10. The lowest BCUT2D eigenvalue weighted by atomic mass is 10.2. The van der Waals surface area contributed by atoms with Crippen molar-refractivity contribution < 1.29 is 19.1 Å². The Morgan fingerprint density at radius 3 is 2.48 bits per heavy atom. The van der Waals surface area contributed by atoms with E-state index < -0.39 is 18.0 Å². The summed E-state index contributed by atoms with van der Waals surface area (Å²) in [5.74, 6) is -0.402. The number of carbonyl (C=O) groups excluding carboxylic acids is 2. The fourth-order valence-electron chi connectivity index (χ4n) is 2.32. The zero-order valence-electron chi connectivity index (χ0n) is 14.9. The second-order valence-electron chi connectivity index (χ2n) is 5.65. The maximum absolute atomic E-state index is 12.1. The van der Waals surface area contributed by atoms with Gasteiger partial charge in [-0.3, -0.25) is 9.48 Å². The molecule has 2 aromatic rings. The molecule has 25 heavy (non-hydrogen) atoms. The van der Waals surface area contributed by atoms with Crippen molar-refractivity contribution in [1.82, 2.24) is 9.78 Å². The lowest BCUT2D eigenvalue weighted by molar-refractivity contribution is -0.154. The van der Waals surface area contributed by atoms with E-state index in [1.807, 2.05) is 32.0 Å². The molecule has 2 rings (SSSR count). The first-order chi connectivity index (χ1) is 11.9. The lowest BCUT2D eigenvalue weighted by Crippen LogP contribution is -2.31. The molecule has 0 aliphatic rings. The molecule has 1 amide bonds. The molecule has 0 unspecified atom stereocenters. The molecule has 1 aromatic carbocycles. The molecule has 7 heteroatoms. The van der Waals surface area contributed by atoms with E-state index >= 15 is 0 Å². The lowest BCUT2D eigenvalue weighted by Gasteiger charge is -2.16. The smallest absolute Gasteiger partial charge is 0.347 e. The topological polar surface area (TPSA) is 82.4 Å². The Balaban J connectivity index is 1.88. The van der Waals surface area contributed by atoms with Crippen LogP contribution in [0.15, 0.2) is 30.3 Å². The van der Waals surface area contributed by atoms with E-state index in [0.29, 0.717) is 23.6 Å². The minimum absolute atomic E-state index is 0.374. The van der Waals surface area contributed by atoms with Crippen LogP contribution in [0.25, 0.3) is 0 Å². The van der Waals surface area contributed by atoms with Gasteiger partial charge in [0.1, 0.15) is 5.75 Å². The van der Waals surface area contributed by atoms with Gasteiger partial charge in [0.15, 0.2) is 12.7 Å². The molecular formula is C18H23N3O4. The van der Waals surface area contributed by atoms with Crippen LogP contribution < -0.4 is 10.1 Å². The molecule has 0 saturated carbocycles. The first kappa shape index (κ1) is 18.5. The van der Waals surface area contributed by atoms with Crippen LogP contribution in [-0.2, 0) is 21.4 Å². The number of hydrogen-bond acceptors (Lipinski definition) is 5. The maximum Gasteiger partial charge on any atom is 0.347 e. The number of amides is 1. The van der Waals surface area contributed by atoms with Gasteiger partial charge < -0.3 is 14.8 Å². The second-order valence-corrected chi connectivity index (χ2v) is 5.65. The quantitative estimate of drug-likeness (QED) is 0.779. The number of nitrogens with zero attached hydrogens (tertiary/aromatic N) is 2. The van der Waals surface area contributed by atoms with E-state index in [-0.39, 0.29) is 6.61 Å². The highest BCUT2D eigenvalue weighted by atomic mass is 16.6. The van der Waals surface area contributed by atoms with Crippen LogP contribution in [0.4, 0.5) is 5.69 Å². The number of benzene rings is 1. The SMILES string of the molecule is CC[C@@H](Oc1ccccc1)C(=O)OCC(=O)Nc1c(C)nn(C)c1C.